The monoisotopic (exact) mass is 339 g/mol. The van der Waals surface area contributed by atoms with Crippen LogP contribution in [0.1, 0.15) is 32.8 Å². The van der Waals surface area contributed by atoms with Crippen LogP contribution >= 0.6 is 11.6 Å². The van der Waals surface area contributed by atoms with Crippen LogP contribution in [0.25, 0.3) is 0 Å². The molecule has 1 aromatic rings. The molecule has 0 atom stereocenters. The topological polar surface area (TPSA) is 66.8 Å². The third kappa shape index (κ3) is 6.74. The van der Waals surface area contributed by atoms with Gasteiger partial charge in [0.2, 0.25) is 0 Å². The number of rotatable bonds is 5. The molecule has 0 saturated carbocycles. The number of aryl methyl sites for hydroxylation is 1. The minimum Gasteiger partial charge on any atom is -0.477 e. The van der Waals surface area contributed by atoms with E-state index in [4.69, 9.17) is 16.3 Å². The van der Waals surface area contributed by atoms with E-state index in [9.17, 15) is 14.7 Å². The molecule has 0 aromatic heterocycles. The van der Waals surface area contributed by atoms with Crippen molar-refractivity contribution in [3.8, 4) is 0 Å². The lowest BCUT2D eigenvalue weighted by Crippen LogP contribution is -2.35. The molecule has 0 radical (unpaired) electrons. The van der Waals surface area contributed by atoms with Crippen molar-refractivity contribution >= 4 is 23.7 Å². The Balaban J connectivity index is 2.75. The van der Waals surface area contributed by atoms with Crippen LogP contribution in [0.3, 0.4) is 0 Å². The van der Waals surface area contributed by atoms with Crippen LogP contribution < -0.4 is 0 Å². The maximum absolute atomic E-state index is 12.0. The van der Waals surface area contributed by atoms with Crippen molar-refractivity contribution in [3.63, 3.8) is 0 Å². The van der Waals surface area contributed by atoms with Crippen LogP contribution in [0, 0.1) is 0 Å². The molecule has 0 fully saturated rings. The molecular formula is C17H22ClNO4. The number of allylic oxidation sites excluding steroid dienone is 1. The first-order valence-corrected chi connectivity index (χ1v) is 7.62. The summed E-state index contributed by atoms with van der Waals surface area (Å²) in [5.74, 6) is -1.17. The van der Waals surface area contributed by atoms with Crippen molar-refractivity contribution in [3.05, 3.63) is 46.6 Å². The van der Waals surface area contributed by atoms with Gasteiger partial charge >= 0.3 is 12.1 Å². The van der Waals surface area contributed by atoms with Gasteiger partial charge in [-0.25, -0.2) is 9.59 Å². The van der Waals surface area contributed by atoms with E-state index in [2.05, 4.69) is 0 Å². The summed E-state index contributed by atoms with van der Waals surface area (Å²) in [4.78, 5) is 24.3. The van der Waals surface area contributed by atoms with Gasteiger partial charge in [0.05, 0.1) is 0 Å². The zero-order valence-corrected chi connectivity index (χ0v) is 14.6. The highest BCUT2D eigenvalue weighted by Crippen LogP contribution is 2.15. The Labute approximate surface area is 141 Å². The van der Waals surface area contributed by atoms with E-state index < -0.39 is 17.7 Å². The molecule has 5 nitrogen and oxygen atoms in total. The zero-order chi connectivity index (χ0) is 17.6. The number of carbonyl (C=O) groups excluding carboxylic acids is 1. The Bertz CT molecular complexity index is 588. The predicted molar refractivity (Wildman–Crippen MR) is 89.5 cm³/mol. The maximum Gasteiger partial charge on any atom is 0.414 e. The van der Waals surface area contributed by atoms with Crippen molar-refractivity contribution < 1.29 is 19.4 Å². The number of hydrogen-bond donors (Lipinski definition) is 1. The summed E-state index contributed by atoms with van der Waals surface area (Å²) >= 11 is 5.82. The summed E-state index contributed by atoms with van der Waals surface area (Å²) in [5, 5.41) is 9.94. The van der Waals surface area contributed by atoms with Crippen molar-refractivity contribution in [1.29, 1.82) is 0 Å². The van der Waals surface area contributed by atoms with Gasteiger partial charge in [0.25, 0.3) is 0 Å². The number of ether oxygens (including phenoxy) is 1. The van der Waals surface area contributed by atoms with E-state index >= 15 is 0 Å². The average molecular weight is 340 g/mol. The number of likely N-dealkylation sites (N-methyl/N-ethyl adjacent to an activating group) is 1. The van der Waals surface area contributed by atoms with Gasteiger partial charge in [0.1, 0.15) is 11.3 Å². The van der Waals surface area contributed by atoms with Crippen molar-refractivity contribution in [2.75, 3.05) is 7.05 Å². The van der Waals surface area contributed by atoms with Crippen LogP contribution in [0.2, 0.25) is 5.02 Å². The minimum atomic E-state index is -1.17. The van der Waals surface area contributed by atoms with Gasteiger partial charge in [-0.2, -0.15) is 0 Å². The van der Waals surface area contributed by atoms with Gasteiger partial charge < -0.3 is 9.84 Å². The number of carboxylic acid groups (broad SMARTS) is 1. The molecule has 0 bridgehead atoms. The lowest BCUT2D eigenvalue weighted by Gasteiger charge is -2.24. The number of amides is 1. The van der Waals surface area contributed by atoms with Gasteiger partial charge in [-0.05, 0) is 51.3 Å². The summed E-state index contributed by atoms with van der Waals surface area (Å²) in [6.07, 6.45) is 1.95. The van der Waals surface area contributed by atoms with E-state index in [1.54, 1.807) is 32.9 Å². The molecule has 0 heterocycles. The van der Waals surface area contributed by atoms with Crippen LogP contribution in [0.5, 0.6) is 0 Å². The van der Waals surface area contributed by atoms with Gasteiger partial charge in [-0.1, -0.05) is 29.8 Å². The van der Waals surface area contributed by atoms with E-state index in [1.165, 1.54) is 13.1 Å². The molecule has 0 aliphatic rings. The molecule has 126 valence electrons. The van der Waals surface area contributed by atoms with Crippen LogP contribution in [-0.2, 0) is 16.0 Å². The lowest BCUT2D eigenvalue weighted by molar-refractivity contribution is -0.134. The van der Waals surface area contributed by atoms with Crippen molar-refractivity contribution in [2.45, 2.75) is 39.2 Å². The molecule has 1 amide bonds. The van der Waals surface area contributed by atoms with Crippen LogP contribution in [-0.4, -0.2) is 34.7 Å². The fraction of sp³-hybridized carbons (Fsp3) is 0.412. The SMILES string of the molecule is CN(C(=O)OC(C)(C)C)C(=CCCc1ccc(Cl)cc1)C(=O)O. The lowest BCUT2D eigenvalue weighted by atomic mass is 10.1. The molecule has 1 aromatic carbocycles. The maximum atomic E-state index is 12.0. The highest BCUT2D eigenvalue weighted by molar-refractivity contribution is 6.30. The molecule has 0 spiro atoms. The van der Waals surface area contributed by atoms with Crippen molar-refractivity contribution in [1.82, 2.24) is 4.90 Å². The minimum absolute atomic E-state index is 0.104. The standard InChI is InChI=1S/C17H22ClNO4/c1-17(2,3)23-16(22)19(4)14(15(20)21)7-5-6-12-8-10-13(18)11-9-12/h7-11H,5-6H2,1-4H3,(H,20,21). The second kappa shape index (κ2) is 8.02. The number of benzene rings is 1. The molecule has 0 saturated heterocycles. The first-order valence-electron chi connectivity index (χ1n) is 7.25. The molecule has 0 aliphatic heterocycles. The Morgan fingerprint density at radius 1 is 1.26 bits per heavy atom. The molecule has 6 heteroatoms. The van der Waals surface area contributed by atoms with Crippen LogP contribution in [0.15, 0.2) is 36.0 Å². The molecule has 0 aliphatic carbocycles. The van der Waals surface area contributed by atoms with E-state index in [0.29, 0.717) is 17.9 Å². The predicted octanol–water partition coefficient (Wildman–Crippen LogP) is 4.11. The molecule has 23 heavy (non-hydrogen) atoms. The van der Waals surface area contributed by atoms with Gasteiger partial charge in [0.15, 0.2) is 0 Å². The zero-order valence-electron chi connectivity index (χ0n) is 13.8. The second-order valence-corrected chi connectivity index (χ2v) is 6.54. The molecule has 1 rings (SSSR count). The Kier molecular flexibility index (Phi) is 6.63. The fourth-order valence-electron chi connectivity index (χ4n) is 1.82. The second-order valence-electron chi connectivity index (χ2n) is 6.10. The highest BCUT2D eigenvalue weighted by Gasteiger charge is 2.24. The summed E-state index contributed by atoms with van der Waals surface area (Å²) in [7, 11) is 1.39. The largest absolute Gasteiger partial charge is 0.477 e. The molecule has 0 unspecified atom stereocenters. The summed E-state index contributed by atoms with van der Waals surface area (Å²) in [6, 6.07) is 7.33. The van der Waals surface area contributed by atoms with E-state index in [-0.39, 0.29) is 5.70 Å². The Morgan fingerprint density at radius 3 is 2.30 bits per heavy atom. The third-order valence-electron chi connectivity index (χ3n) is 2.93. The number of carbonyl (C=O) groups is 2. The number of nitrogens with zero attached hydrogens (tertiary/aromatic N) is 1. The number of carboxylic acids is 1. The summed E-state index contributed by atoms with van der Waals surface area (Å²) < 4.78 is 5.18. The normalized spacial score (nSPS) is 12.0. The fourth-order valence-corrected chi connectivity index (χ4v) is 1.95. The number of hydrogen-bond acceptors (Lipinski definition) is 3. The number of halogens is 1. The first kappa shape index (κ1) is 19.0. The molecular weight excluding hydrogens is 318 g/mol. The van der Waals surface area contributed by atoms with Crippen LogP contribution in [0.4, 0.5) is 4.79 Å². The van der Waals surface area contributed by atoms with E-state index in [1.807, 2.05) is 12.1 Å². The number of aliphatic carboxylic acids is 1. The quantitative estimate of drug-likeness (QED) is 0.820. The average Bonchev–Trinajstić information content (AvgIpc) is 2.42. The third-order valence-corrected chi connectivity index (χ3v) is 3.18. The Morgan fingerprint density at radius 2 is 1.83 bits per heavy atom. The van der Waals surface area contributed by atoms with Gasteiger partial charge in [-0.15, -0.1) is 0 Å². The van der Waals surface area contributed by atoms with Crippen molar-refractivity contribution in [2.24, 2.45) is 0 Å². The van der Waals surface area contributed by atoms with E-state index in [0.717, 1.165) is 10.5 Å². The smallest absolute Gasteiger partial charge is 0.414 e. The van der Waals surface area contributed by atoms with Gasteiger partial charge in [-0.3, -0.25) is 4.90 Å². The molecule has 1 N–H and O–H groups in total. The summed E-state index contributed by atoms with van der Waals surface area (Å²) in [6.45, 7) is 5.18. The first-order chi connectivity index (χ1) is 10.6. The summed E-state index contributed by atoms with van der Waals surface area (Å²) in [5.41, 5.74) is 0.252. The Hall–Kier alpha value is -2.01. The highest BCUT2D eigenvalue weighted by atomic mass is 35.5. The van der Waals surface area contributed by atoms with Gasteiger partial charge in [0, 0.05) is 12.1 Å².